The molecule has 32 heavy (non-hydrogen) atoms. The molecule has 3 amide bonds. The van der Waals surface area contributed by atoms with Crippen molar-refractivity contribution in [3.05, 3.63) is 62.9 Å². The molecular weight excluding hydrogens is 448 g/mol. The normalized spacial score (nSPS) is 11.4. The minimum Gasteiger partial charge on any atom is -0.333 e. The molecular formula is C23H25ClN4O3S. The van der Waals surface area contributed by atoms with Crippen LogP contribution in [-0.2, 0) is 4.79 Å². The monoisotopic (exact) mass is 472 g/mol. The maximum atomic E-state index is 13.4. The second-order valence-electron chi connectivity index (χ2n) is 8.46. The summed E-state index contributed by atoms with van der Waals surface area (Å²) in [5.74, 6) is -0.592. The SMILES string of the molecule is Cc1cccc(-n2c(SCC(=O)NC(=O)NC(C)(C)C)nc3cc(Cl)ccc3c2=O)c1C. The van der Waals surface area contributed by atoms with Gasteiger partial charge in [0.15, 0.2) is 5.16 Å². The van der Waals surface area contributed by atoms with Gasteiger partial charge in [-0.2, -0.15) is 0 Å². The number of carbonyl (C=O) groups is 2. The summed E-state index contributed by atoms with van der Waals surface area (Å²) >= 11 is 7.18. The van der Waals surface area contributed by atoms with E-state index in [1.807, 2.05) is 52.8 Å². The Morgan fingerprint density at radius 3 is 2.56 bits per heavy atom. The molecule has 0 atom stereocenters. The lowest BCUT2D eigenvalue weighted by Crippen LogP contribution is -2.48. The number of nitrogens with one attached hydrogen (secondary N) is 2. The van der Waals surface area contributed by atoms with Gasteiger partial charge in [0.1, 0.15) is 0 Å². The van der Waals surface area contributed by atoms with E-state index in [1.54, 1.807) is 18.2 Å². The molecule has 1 heterocycles. The molecule has 0 saturated carbocycles. The Bertz CT molecular complexity index is 1260. The van der Waals surface area contributed by atoms with Crippen LogP contribution in [0.4, 0.5) is 4.79 Å². The van der Waals surface area contributed by atoms with Crippen LogP contribution in [0.3, 0.4) is 0 Å². The van der Waals surface area contributed by atoms with E-state index in [2.05, 4.69) is 15.6 Å². The largest absolute Gasteiger partial charge is 0.333 e. The van der Waals surface area contributed by atoms with E-state index in [9.17, 15) is 14.4 Å². The van der Waals surface area contributed by atoms with Crippen LogP contribution in [0.15, 0.2) is 46.3 Å². The Hall–Kier alpha value is -2.84. The number of aryl methyl sites for hydroxylation is 1. The molecule has 0 aliphatic rings. The van der Waals surface area contributed by atoms with E-state index in [4.69, 9.17) is 11.6 Å². The summed E-state index contributed by atoms with van der Waals surface area (Å²) in [5.41, 5.74) is 2.36. The predicted molar refractivity (Wildman–Crippen MR) is 129 cm³/mol. The number of nitrogens with zero attached hydrogens (tertiary/aromatic N) is 2. The van der Waals surface area contributed by atoms with Gasteiger partial charge in [0.05, 0.1) is 22.3 Å². The van der Waals surface area contributed by atoms with Gasteiger partial charge in [-0.3, -0.25) is 19.5 Å². The minimum absolute atomic E-state index is 0.0963. The number of thioether (sulfide) groups is 1. The number of imide groups is 1. The van der Waals surface area contributed by atoms with E-state index in [0.29, 0.717) is 26.8 Å². The molecule has 2 N–H and O–H groups in total. The fourth-order valence-electron chi connectivity index (χ4n) is 3.09. The van der Waals surface area contributed by atoms with Crippen molar-refractivity contribution in [3.63, 3.8) is 0 Å². The van der Waals surface area contributed by atoms with Gasteiger partial charge in [0, 0.05) is 10.6 Å². The van der Waals surface area contributed by atoms with E-state index in [-0.39, 0.29) is 11.3 Å². The van der Waals surface area contributed by atoms with Crippen LogP contribution < -0.4 is 16.2 Å². The van der Waals surface area contributed by atoms with Crippen LogP contribution >= 0.6 is 23.4 Å². The molecule has 0 unspecified atom stereocenters. The number of rotatable bonds is 4. The zero-order valence-corrected chi connectivity index (χ0v) is 20.1. The van der Waals surface area contributed by atoms with Crippen molar-refractivity contribution in [2.24, 2.45) is 0 Å². The molecule has 0 bridgehead atoms. The molecule has 3 aromatic rings. The van der Waals surface area contributed by atoms with Crippen LogP contribution in [0, 0.1) is 13.8 Å². The number of hydrogen-bond donors (Lipinski definition) is 2. The third kappa shape index (κ3) is 5.49. The Labute approximate surface area is 195 Å². The summed E-state index contributed by atoms with van der Waals surface area (Å²) in [6, 6.07) is 10.0. The van der Waals surface area contributed by atoms with Gasteiger partial charge < -0.3 is 5.32 Å². The summed E-state index contributed by atoms with van der Waals surface area (Å²) in [6.07, 6.45) is 0. The van der Waals surface area contributed by atoms with Crippen LogP contribution in [0.2, 0.25) is 5.02 Å². The number of halogens is 1. The first-order valence-corrected chi connectivity index (χ1v) is 11.4. The summed E-state index contributed by atoms with van der Waals surface area (Å²) in [5, 5.41) is 6.20. The van der Waals surface area contributed by atoms with Crippen molar-refractivity contribution in [3.8, 4) is 5.69 Å². The van der Waals surface area contributed by atoms with Gasteiger partial charge >= 0.3 is 6.03 Å². The fourth-order valence-corrected chi connectivity index (χ4v) is 4.06. The Morgan fingerprint density at radius 1 is 1.16 bits per heavy atom. The zero-order chi connectivity index (χ0) is 23.6. The minimum atomic E-state index is -0.576. The number of urea groups is 1. The van der Waals surface area contributed by atoms with Gasteiger partial charge in [-0.25, -0.2) is 9.78 Å². The average Bonchev–Trinajstić information content (AvgIpc) is 2.67. The lowest BCUT2D eigenvalue weighted by Gasteiger charge is -2.20. The van der Waals surface area contributed by atoms with Gasteiger partial charge in [-0.1, -0.05) is 35.5 Å². The quantitative estimate of drug-likeness (QED) is 0.434. The van der Waals surface area contributed by atoms with Crippen molar-refractivity contribution in [2.45, 2.75) is 45.3 Å². The van der Waals surface area contributed by atoms with Crippen LogP contribution in [0.1, 0.15) is 31.9 Å². The van der Waals surface area contributed by atoms with E-state index in [1.165, 1.54) is 4.57 Å². The molecule has 3 rings (SSSR count). The summed E-state index contributed by atoms with van der Waals surface area (Å²) in [7, 11) is 0. The highest BCUT2D eigenvalue weighted by molar-refractivity contribution is 7.99. The number of carbonyl (C=O) groups excluding carboxylic acids is 2. The number of hydrogen-bond acceptors (Lipinski definition) is 5. The molecule has 0 saturated heterocycles. The van der Waals surface area contributed by atoms with Crippen molar-refractivity contribution >= 4 is 46.2 Å². The lowest BCUT2D eigenvalue weighted by molar-refractivity contribution is -0.117. The predicted octanol–water partition coefficient (Wildman–Crippen LogP) is 4.37. The highest BCUT2D eigenvalue weighted by atomic mass is 35.5. The number of amides is 3. The third-order valence-corrected chi connectivity index (χ3v) is 5.87. The first-order chi connectivity index (χ1) is 15.0. The summed E-state index contributed by atoms with van der Waals surface area (Å²) in [4.78, 5) is 42.4. The van der Waals surface area contributed by atoms with E-state index < -0.39 is 17.5 Å². The second kappa shape index (κ2) is 9.34. The Kier molecular flexibility index (Phi) is 6.95. The third-order valence-electron chi connectivity index (χ3n) is 4.69. The summed E-state index contributed by atoms with van der Waals surface area (Å²) < 4.78 is 1.51. The second-order valence-corrected chi connectivity index (χ2v) is 9.84. The molecule has 0 aliphatic heterocycles. The van der Waals surface area contributed by atoms with Gasteiger partial charge in [0.25, 0.3) is 5.56 Å². The van der Waals surface area contributed by atoms with Crippen molar-refractivity contribution in [1.82, 2.24) is 20.2 Å². The van der Waals surface area contributed by atoms with Crippen LogP contribution in [-0.4, -0.2) is 32.8 Å². The van der Waals surface area contributed by atoms with Gasteiger partial charge in [-0.05, 0) is 70.0 Å². The molecule has 0 fully saturated rings. The van der Waals surface area contributed by atoms with E-state index >= 15 is 0 Å². The molecule has 1 aromatic heterocycles. The molecule has 0 radical (unpaired) electrons. The molecule has 2 aromatic carbocycles. The van der Waals surface area contributed by atoms with Crippen LogP contribution in [0.25, 0.3) is 16.6 Å². The van der Waals surface area contributed by atoms with Crippen LogP contribution in [0.5, 0.6) is 0 Å². The lowest BCUT2D eigenvalue weighted by atomic mass is 10.1. The highest BCUT2D eigenvalue weighted by Gasteiger charge is 2.19. The standard InChI is InChI=1S/C23H25ClN4O3S/c1-13-7-6-8-18(14(13)2)28-20(30)16-10-9-15(24)11-17(16)25-22(28)32-12-19(29)26-21(31)27-23(3,4)5/h6-11H,12H2,1-5H3,(H2,26,27,29,31). The first-order valence-electron chi connectivity index (χ1n) is 10.00. The smallest absolute Gasteiger partial charge is 0.321 e. The fraction of sp³-hybridized carbons (Fsp3) is 0.304. The molecule has 0 aliphatic carbocycles. The topological polar surface area (TPSA) is 93.1 Å². The maximum Gasteiger partial charge on any atom is 0.321 e. The number of benzene rings is 2. The molecule has 7 nitrogen and oxygen atoms in total. The highest BCUT2D eigenvalue weighted by Crippen LogP contribution is 2.25. The maximum absolute atomic E-state index is 13.4. The first kappa shape index (κ1) is 23.8. The number of aromatic nitrogens is 2. The van der Waals surface area contributed by atoms with Crippen molar-refractivity contribution < 1.29 is 9.59 Å². The van der Waals surface area contributed by atoms with Gasteiger partial charge in [-0.15, -0.1) is 0 Å². The Balaban J connectivity index is 2.00. The summed E-state index contributed by atoms with van der Waals surface area (Å²) in [6.45, 7) is 9.35. The molecule has 0 spiro atoms. The van der Waals surface area contributed by atoms with Crippen molar-refractivity contribution in [1.29, 1.82) is 0 Å². The Morgan fingerprint density at radius 2 is 1.88 bits per heavy atom. The van der Waals surface area contributed by atoms with Crippen molar-refractivity contribution in [2.75, 3.05) is 5.75 Å². The molecule has 9 heteroatoms. The zero-order valence-electron chi connectivity index (χ0n) is 18.6. The van der Waals surface area contributed by atoms with E-state index in [0.717, 1.165) is 22.9 Å². The molecule has 168 valence electrons. The van der Waals surface area contributed by atoms with Gasteiger partial charge in [0.2, 0.25) is 5.91 Å². The average molecular weight is 473 g/mol. The number of fused-ring (bicyclic) bond motifs is 1.